The van der Waals surface area contributed by atoms with Gasteiger partial charge in [0, 0.05) is 49.9 Å². The van der Waals surface area contributed by atoms with Crippen LogP contribution in [0.15, 0.2) is 54.0 Å². The van der Waals surface area contributed by atoms with Crippen molar-refractivity contribution in [3.63, 3.8) is 0 Å². The zero-order valence-corrected chi connectivity index (χ0v) is 27.5. The molecule has 2 aliphatic rings. The second kappa shape index (κ2) is 13.3. The van der Waals surface area contributed by atoms with Gasteiger partial charge in [-0.1, -0.05) is 26.0 Å². The molecule has 1 aliphatic heterocycles. The van der Waals surface area contributed by atoms with Crippen LogP contribution in [0.2, 0.25) is 0 Å². The standard InChI is InChI=1S/C33H40FN5O3.C2H6/c1-20-9-8-10-24(16-27(20)34)26-18-39(33(5,6)19-42-7)31-25(26)11-12-28(36-31)38-14-13-37(17-22(38)3)29-15-21(2)30(32(40)41)23(4)35-29;1-2/h9-12,15-16,18,22H,8,13-14,17,19H2,1-7H3,(H,40,41);1-2H3. The van der Waals surface area contributed by atoms with Crippen LogP contribution < -0.4 is 9.80 Å². The summed E-state index contributed by atoms with van der Waals surface area (Å²) in [5, 5.41) is 10.5. The van der Waals surface area contributed by atoms with E-state index in [0.717, 1.165) is 53.4 Å². The largest absolute Gasteiger partial charge is 0.478 e. The number of rotatable bonds is 7. The Bertz CT molecular complexity index is 1610. The first kappa shape index (κ1) is 32.9. The Morgan fingerprint density at radius 1 is 1.11 bits per heavy atom. The minimum atomic E-state index is -0.950. The Balaban J connectivity index is 0.00000216. The third-order valence-electron chi connectivity index (χ3n) is 8.36. The Morgan fingerprint density at radius 3 is 2.48 bits per heavy atom. The summed E-state index contributed by atoms with van der Waals surface area (Å²) in [7, 11) is 1.70. The molecular weight excluding hydrogens is 557 g/mol. The van der Waals surface area contributed by atoms with Crippen LogP contribution in [0, 0.1) is 13.8 Å². The van der Waals surface area contributed by atoms with Gasteiger partial charge in [-0.25, -0.2) is 19.2 Å². The van der Waals surface area contributed by atoms with Gasteiger partial charge in [0.15, 0.2) is 0 Å². The van der Waals surface area contributed by atoms with E-state index in [0.29, 0.717) is 29.9 Å². The normalized spacial score (nSPS) is 17.4. The molecule has 3 aromatic heterocycles. The summed E-state index contributed by atoms with van der Waals surface area (Å²) in [6.07, 6.45) is 8.34. The summed E-state index contributed by atoms with van der Waals surface area (Å²) in [6.45, 7) is 18.5. The van der Waals surface area contributed by atoms with Crippen LogP contribution in [0.4, 0.5) is 16.0 Å². The second-order valence-corrected chi connectivity index (χ2v) is 12.0. The molecule has 0 spiro atoms. The molecule has 236 valence electrons. The lowest BCUT2D eigenvalue weighted by atomic mass is 10.0. The molecule has 0 amide bonds. The predicted octanol–water partition coefficient (Wildman–Crippen LogP) is 7.46. The van der Waals surface area contributed by atoms with Gasteiger partial charge in [0.05, 0.1) is 23.4 Å². The lowest BCUT2D eigenvalue weighted by Gasteiger charge is -2.41. The number of aryl methyl sites for hydroxylation is 2. The van der Waals surface area contributed by atoms with Crippen LogP contribution in [-0.4, -0.2) is 65.0 Å². The maximum atomic E-state index is 14.8. The zero-order chi connectivity index (χ0) is 32.3. The predicted molar refractivity (Wildman–Crippen MR) is 178 cm³/mol. The van der Waals surface area contributed by atoms with Crippen LogP contribution in [0.25, 0.3) is 16.6 Å². The van der Waals surface area contributed by atoms with Crippen LogP contribution in [0.1, 0.15) is 75.1 Å². The van der Waals surface area contributed by atoms with E-state index < -0.39 is 5.97 Å². The van der Waals surface area contributed by atoms with E-state index in [4.69, 9.17) is 9.72 Å². The number of pyridine rings is 2. The number of carbonyl (C=O) groups is 1. The number of carboxylic acids is 1. The summed E-state index contributed by atoms with van der Waals surface area (Å²) in [4.78, 5) is 26.0. The molecule has 9 heteroatoms. The summed E-state index contributed by atoms with van der Waals surface area (Å²) in [5.74, 6) is 0.508. The van der Waals surface area contributed by atoms with Gasteiger partial charge in [-0.3, -0.25) is 0 Å². The van der Waals surface area contributed by atoms with E-state index in [1.54, 1.807) is 27.0 Å². The number of piperazine rings is 1. The SMILES string of the molecule is CC.COCC(C)(C)n1cc(C2=CCC=C(C)C(F)=C2)c2ccc(N3CCN(c4cc(C)c(C(=O)O)c(C)n4)CC3C)nc21. The number of halogens is 1. The molecule has 0 aromatic carbocycles. The molecule has 1 saturated heterocycles. The van der Waals surface area contributed by atoms with E-state index >= 15 is 0 Å². The maximum Gasteiger partial charge on any atom is 0.337 e. The van der Waals surface area contributed by atoms with Gasteiger partial charge in [-0.15, -0.1) is 0 Å². The summed E-state index contributed by atoms with van der Waals surface area (Å²) in [6, 6.07) is 6.16. The van der Waals surface area contributed by atoms with Crippen LogP contribution in [-0.2, 0) is 10.3 Å². The van der Waals surface area contributed by atoms with Crippen LogP contribution in [0.3, 0.4) is 0 Å². The minimum Gasteiger partial charge on any atom is -0.478 e. The molecule has 1 N–H and O–H groups in total. The molecule has 3 aromatic rings. The molecule has 4 heterocycles. The van der Waals surface area contributed by atoms with Gasteiger partial charge < -0.3 is 24.2 Å². The van der Waals surface area contributed by atoms with Gasteiger partial charge in [-0.05, 0) is 88.9 Å². The maximum absolute atomic E-state index is 14.8. The van der Waals surface area contributed by atoms with Crippen molar-refractivity contribution in [2.45, 2.75) is 73.4 Å². The summed E-state index contributed by atoms with van der Waals surface area (Å²) >= 11 is 0. The number of allylic oxidation sites excluding steroid dienone is 6. The lowest BCUT2D eigenvalue weighted by Crippen LogP contribution is -2.52. The van der Waals surface area contributed by atoms with Gasteiger partial charge in [0.1, 0.15) is 23.1 Å². The highest BCUT2D eigenvalue weighted by Crippen LogP contribution is 2.36. The van der Waals surface area contributed by atoms with Crippen molar-refractivity contribution in [1.29, 1.82) is 0 Å². The van der Waals surface area contributed by atoms with Crippen molar-refractivity contribution in [2.75, 3.05) is 43.2 Å². The number of carboxylic acid groups (broad SMARTS) is 1. The number of fused-ring (bicyclic) bond motifs is 1. The molecular formula is C35H46FN5O3. The number of hydrogen-bond acceptors (Lipinski definition) is 6. The Hall–Kier alpha value is -3.98. The molecule has 44 heavy (non-hydrogen) atoms. The average molecular weight is 604 g/mol. The molecule has 0 bridgehead atoms. The number of aromatic nitrogens is 3. The van der Waals surface area contributed by atoms with E-state index in [2.05, 4.69) is 64.5 Å². The lowest BCUT2D eigenvalue weighted by molar-refractivity contribution is 0.0694. The topological polar surface area (TPSA) is 83.7 Å². The average Bonchev–Trinajstić information content (AvgIpc) is 3.28. The Morgan fingerprint density at radius 2 is 1.84 bits per heavy atom. The summed E-state index contributed by atoms with van der Waals surface area (Å²) in [5.41, 5.74) is 4.41. The number of nitrogens with zero attached hydrogens (tertiary/aromatic N) is 5. The first-order valence-electron chi connectivity index (χ1n) is 15.4. The molecule has 1 atom stereocenters. The Kier molecular flexibility index (Phi) is 9.98. The van der Waals surface area contributed by atoms with Crippen molar-refractivity contribution in [3.8, 4) is 0 Å². The van der Waals surface area contributed by atoms with E-state index in [-0.39, 0.29) is 23.0 Å². The first-order valence-corrected chi connectivity index (χ1v) is 15.4. The number of aromatic carboxylic acids is 1. The number of methoxy groups -OCH3 is 1. The third kappa shape index (κ3) is 6.43. The third-order valence-corrected chi connectivity index (χ3v) is 8.36. The van der Waals surface area contributed by atoms with Crippen molar-refractivity contribution >= 4 is 34.2 Å². The van der Waals surface area contributed by atoms with Crippen LogP contribution >= 0.6 is 0 Å². The number of hydrogen-bond donors (Lipinski definition) is 1. The van der Waals surface area contributed by atoms with Gasteiger partial charge in [0.25, 0.3) is 0 Å². The van der Waals surface area contributed by atoms with Crippen LogP contribution in [0.5, 0.6) is 0 Å². The number of anilines is 2. The molecule has 0 saturated carbocycles. The zero-order valence-electron chi connectivity index (χ0n) is 27.5. The molecule has 8 nitrogen and oxygen atoms in total. The monoisotopic (exact) mass is 603 g/mol. The van der Waals surface area contributed by atoms with Crippen molar-refractivity contribution < 1.29 is 19.0 Å². The fourth-order valence-electron chi connectivity index (χ4n) is 6.13. The second-order valence-electron chi connectivity index (χ2n) is 12.0. The highest BCUT2D eigenvalue weighted by molar-refractivity contribution is 5.95. The fourth-order valence-corrected chi connectivity index (χ4v) is 6.13. The molecule has 1 aliphatic carbocycles. The van der Waals surface area contributed by atoms with E-state index in [1.807, 2.05) is 32.9 Å². The molecule has 5 rings (SSSR count). The van der Waals surface area contributed by atoms with Gasteiger partial charge in [0.2, 0.25) is 0 Å². The summed E-state index contributed by atoms with van der Waals surface area (Å²) < 4.78 is 22.5. The quantitative estimate of drug-likeness (QED) is 0.300. The smallest absolute Gasteiger partial charge is 0.337 e. The van der Waals surface area contributed by atoms with Gasteiger partial charge in [-0.2, -0.15) is 0 Å². The van der Waals surface area contributed by atoms with E-state index in [1.165, 1.54) is 0 Å². The fraction of sp³-hybridized carbons (Fsp3) is 0.457. The molecule has 1 unspecified atom stereocenters. The van der Waals surface area contributed by atoms with E-state index in [9.17, 15) is 14.3 Å². The van der Waals surface area contributed by atoms with Crippen molar-refractivity contribution in [2.24, 2.45) is 0 Å². The molecule has 1 fully saturated rings. The first-order chi connectivity index (χ1) is 20.9. The van der Waals surface area contributed by atoms with Crippen molar-refractivity contribution in [1.82, 2.24) is 14.5 Å². The minimum absolute atomic E-state index is 0.135. The number of ether oxygens (including phenoxy) is 1. The Labute approximate surface area is 260 Å². The molecule has 0 radical (unpaired) electrons. The highest BCUT2D eigenvalue weighted by atomic mass is 19.1. The van der Waals surface area contributed by atoms with Gasteiger partial charge >= 0.3 is 5.97 Å². The van der Waals surface area contributed by atoms with Crippen molar-refractivity contribution in [3.05, 3.63) is 76.4 Å². The highest BCUT2D eigenvalue weighted by Gasteiger charge is 2.29.